The third kappa shape index (κ3) is 4.16. The molecule has 19 heavy (non-hydrogen) atoms. The summed E-state index contributed by atoms with van der Waals surface area (Å²) < 4.78 is 14.0. The van der Waals surface area contributed by atoms with Crippen LogP contribution in [0.25, 0.3) is 0 Å². The van der Waals surface area contributed by atoms with E-state index in [9.17, 15) is 4.39 Å². The van der Waals surface area contributed by atoms with Crippen molar-refractivity contribution >= 4 is 28.7 Å². The summed E-state index contributed by atoms with van der Waals surface area (Å²) in [6, 6.07) is 1.49. The van der Waals surface area contributed by atoms with Gasteiger partial charge in [0.1, 0.15) is 5.02 Å². The predicted molar refractivity (Wildman–Crippen MR) is 82.0 cm³/mol. The van der Waals surface area contributed by atoms with Gasteiger partial charge in [-0.15, -0.1) is 0 Å². The van der Waals surface area contributed by atoms with E-state index in [-0.39, 0.29) is 16.4 Å². The number of nitrogens with two attached hydrogens (primary N) is 2. The van der Waals surface area contributed by atoms with E-state index < -0.39 is 5.82 Å². The lowest BCUT2D eigenvalue weighted by Crippen LogP contribution is -2.16. The minimum absolute atomic E-state index is 0.0710. The molecule has 0 heterocycles. The van der Waals surface area contributed by atoms with E-state index >= 15 is 0 Å². The van der Waals surface area contributed by atoms with Gasteiger partial charge in [-0.1, -0.05) is 44.7 Å². The molecule has 0 aliphatic carbocycles. The van der Waals surface area contributed by atoms with E-state index in [1.54, 1.807) is 0 Å². The van der Waals surface area contributed by atoms with Crippen molar-refractivity contribution in [1.82, 2.24) is 0 Å². The zero-order valence-corrected chi connectivity index (χ0v) is 12.4. The number of hydrogen-bond acceptors (Lipinski definition) is 3. The molecule has 3 nitrogen and oxygen atoms in total. The maximum atomic E-state index is 14.0. The Morgan fingerprint density at radius 1 is 1.32 bits per heavy atom. The van der Waals surface area contributed by atoms with Crippen LogP contribution >= 0.6 is 11.6 Å². The second-order valence-corrected chi connectivity index (χ2v) is 5.23. The molecule has 0 aromatic heterocycles. The molecule has 1 unspecified atom stereocenters. The van der Waals surface area contributed by atoms with Crippen LogP contribution in [-0.4, -0.2) is 6.54 Å². The summed E-state index contributed by atoms with van der Waals surface area (Å²) in [6.45, 7) is 4.99. The van der Waals surface area contributed by atoms with Crippen molar-refractivity contribution in [2.75, 3.05) is 23.3 Å². The second-order valence-electron chi connectivity index (χ2n) is 4.86. The summed E-state index contributed by atoms with van der Waals surface area (Å²) in [5.41, 5.74) is 12.1. The van der Waals surface area contributed by atoms with E-state index in [2.05, 4.69) is 19.2 Å². The fraction of sp³-hybridized carbons (Fsp3) is 0.571. The third-order valence-corrected chi connectivity index (χ3v) is 3.76. The van der Waals surface area contributed by atoms with Gasteiger partial charge in [-0.2, -0.15) is 0 Å². The molecule has 0 amide bonds. The lowest BCUT2D eigenvalue weighted by Gasteiger charge is -2.18. The van der Waals surface area contributed by atoms with E-state index in [0.717, 1.165) is 12.8 Å². The van der Waals surface area contributed by atoms with Gasteiger partial charge in [-0.25, -0.2) is 4.39 Å². The minimum Gasteiger partial charge on any atom is -0.397 e. The molecule has 108 valence electrons. The van der Waals surface area contributed by atoms with Gasteiger partial charge in [-0.05, 0) is 18.4 Å². The van der Waals surface area contributed by atoms with Gasteiger partial charge < -0.3 is 16.8 Å². The molecular weight excluding hydrogens is 265 g/mol. The Balaban J connectivity index is 2.74. The number of nitrogen functional groups attached to an aromatic ring is 2. The Morgan fingerprint density at radius 3 is 2.58 bits per heavy atom. The zero-order chi connectivity index (χ0) is 14.4. The van der Waals surface area contributed by atoms with Crippen LogP contribution in [-0.2, 0) is 0 Å². The molecular formula is C14H23ClFN3. The standard InChI is InChI=1S/C14H23ClFN3/c1-3-5-6-9(4-2)8-19-14-11(18)7-10(17)12(15)13(14)16/h7,9,19H,3-6,8,17-18H2,1-2H3. The zero-order valence-electron chi connectivity index (χ0n) is 11.6. The summed E-state index contributed by atoms with van der Waals surface area (Å²) in [7, 11) is 0. The van der Waals surface area contributed by atoms with E-state index in [1.165, 1.54) is 18.9 Å². The molecule has 1 rings (SSSR count). The number of rotatable bonds is 7. The summed E-state index contributed by atoms with van der Waals surface area (Å²) in [4.78, 5) is 0. The van der Waals surface area contributed by atoms with Gasteiger partial charge in [0.05, 0.1) is 17.1 Å². The lowest BCUT2D eigenvalue weighted by atomic mass is 9.99. The van der Waals surface area contributed by atoms with Crippen molar-refractivity contribution in [3.05, 3.63) is 16.9 Å². The Hall–Kier alpha value is -1.16. The molecule has 0 spiro atoms. The van der Waals surface area contributed by atoms with Crippen LogP contribution < -0.4 is 16.8 Å². The predicted octanol–water partition coefficient (Wildman–Crippen LogP) is 4.27. The van der Waals surface area contributed by atoms with Crippen LogP contribution in [0.5, 0.6) is 0 Å². The number of nitrogens with one attached hydrogen (secondary N) is 1. The summed E-state index contributed by atoms with van der Waals surface area (Å²) in [6.07, 6.45) is 4.53. The molecule has 5 N–H and O–H groups in total. The first kappa shape index (κ1) is 15.9. The molecule has 0 radical (unpaired) electrons. The number of hydrogen-bond donors (Lipinski definition) is 3. The van der Waals surface area contributed by atoms with Gasteiger partial charge in [0, 0.05) is 6.54 Å². The summed E-state index contributed by atoms with van der Waals surface area (Å²) in [5.74, 6) is -0.0559. The highest BCUT2D eigenvalue weighted by atomic mass is 35.5. The molecule has 0 aliphatic heterocycles. The molecule has 0 saturated carbocycles. The van der Waals surface area contributed by atoms with Crippen molar-refractivity contribution in [3.8, 4) is 0 Å². The molecule has 5 heteroatoms. The Kier molecular flexibility index (Phi) is 6.22. The van der Waals surface area contributed by atoms with Gasteiger partial charge in [0.2, 0.25) is 0 Å². The van der Waals surface area contributed by atoms with Crippen molar-refractivity contribution in [2.45, 2.75) is 39.5 Å². The number of halogens is 2. The number of unbranched alkanes of at least 4 members (excludes halogenated alkanes) is 1. The largest absolute Gasteiger partial charge is 0.397 e. The quantitative estimate of drug-likeness (QED) is 0.656. The van der Waals surface area contributed by atoms with Gasteiger partial charge >= 0.3 is 0 Å². The third-order valence-electron chi connectivity index (χ3n) is 3.38. The topological polar surface area (TPSA) is 64.1 Å². The summed E-state index contributed by atoms with van der Waals surface area (Å²) >= 11 is 5.79. The highest BCUT2D eigenvalue weighted by Crippen LogP contribution is 2.33. The van der Waals surface area contributed by atoms with Crippen LogP contribution in [0.2, 0.25) is 5.02 Å². The molecule has 0 bridgehead atoms. The second kappa shape index (κ2) is 7.43. The minimum atomic E-state index is -0.565. The molecule has 0 aliphatic rings. The maximum absolute atomic E-state index is 14.0. The Labute approximate surface area is 119 Å². The first-order valence-corrected chi connectivity index (χ1v) is 7.15. The van der Waals surface area contributed by atoms with Gasteiger partial charge in [0.25, 0.3) is 0 Å². The normalized spacial score (nSPS) is 12.4. The monoisotopic (exact) mass is 287 g/mol. The molecule has 0 saturated heterocycles. The van der Waals surface area contributed by atoms with Crippen molar-refractivity contribution in [2.24, 2.45) is 5.92 Å². The van der Waals surface area contributed by atoms with Crippen molar-refractivity contribution in [1.29, 1.82) is 0 Å². The first-order valence-electron chi connectivity index (χ1n) is 6.78. The van der Waals surface area contributed by atoms with Crippen LogP contribution in [0.3, 0.4) is 0 Å². The van der Waals surface area contributed by atoms with Crippen molar-refractivity contribution in [3.63, 3.8) is 0 Å². The average Bonchev–Trinajstić information content (AvgIpc) is 2.39. The Bertz CT molecular complexity index is 424. The number of anilines is 3. The van der Waals surface area contributed by atoms with E-state index in [4.69, 9.17) is 23.1 Å². The van der Waals surface area contributed by atoms with Crippen LogP contribution in [0.4, 0.5) is 21.5 Å². The SMILES string of the molecule is CCCCC(CC)CNc1c(N)cc(N)c(Cl)c1F. The maximum Gasteiger partial charge on any atom is 0.169 e. The smallest absolute Gasteiger partial charge is 0.169 e. The van der Waals surface area contributed by atoms with E-state index in [0.29, 0.717) is 18.2 Å². The molecule has 1 atom stereocenters. The summed E-state index contributed by atoms with van der Waals surface area (Å²) in [5, 5.41) is 3.00. The molecule has 1 aromatic rings. The number of benzene rings is 1. The van der Waals surface area contributed by atoms with Crippen LogP contribution in [0, 0.1) is 11.7 Å². The van der Waals surface area contributed by atoms with E-state index in [1.807, 2.05) is 0 Å². The van der Waals surface area contributed by atoms with Gasteiger partial charge in [0.15, 0.2) is 5.82 Å². The van der Waals surface area contributed by atoms with Crippen LogP contribution in [0.1, 0.15) is 39.5 Å². The average molecular weight is 288 g/mol. The fourth-order valence-corrected chi connectivity index (χ4v) is 2.18. The lowest BCUT2D eigenvalue weighted by molar-refractivity contribution is 0.472. The Morgan fingerprint density at radius 2 is 2.00 bits per heavy atom. The molecule has 1 aromatic carbocycles. The first-order chi connectivity index (χ1) is 9.01. The fourth-order valence-electron chi connectivity index (χ4n) is 2.04. The van der Waals surface area contributed by atoms with Crippen molar-refractivity contribution < 1.29 is 4.39 Å². The van der Waals surface area contributed by atoms with Crippen LogP contribution in [0.15, 0.2) is 6.07 Å². The molecule has 0 fully saturated rings. The highest BCUT2D eigenvalue weighted by molar-refractivity contribution is 6.33. The van der Waals surface area contributed by atoms with Gasteiger partial charge in [-0.3, -0.25) is 0 Å². The highest BCUT2D eigenvalue weighted by Gasteiger charge is 2.15.